The number of aliphatic hydroxyl groups is 1. The monoisotopic (exact) mass is 306 g/mol. The lowest BCUT2D eigenvalue weighted by Crippen LogP contribution is -2.39. The van der Waals surface area contributed by atoms with Gasteiger partial charge in [-0.3, -0.25) is 0 Å². The molecule has 0 bridgehead atoms. The maximum Gasteiger partial charge on any atom is 0.317 e. The van der Waals surface area contributed by atoms with Gasteiger partial charge in [0.1, 0.15) is 0 Å². The van der Waals surface area contributed by atoms with Crippen LogP contribution in [0.25, 0.3) is 0 Å². The van der Waals surface area contributed by atoms with Gasteiger partial charge in [-0.1, -0.05) is 24.7 Å². The molecule has 2 amide bonds. The first-order valence-corrected chi connectivity index (χ1v) is 8.32. The van der Waals surface area contributed by atoms with Crippen LogP contribution in [-0.2, 0) is 6.54 Å². The summed E-state index contributed by atoms with van der Waals surface area (Å²) in [6, 6.07) is 4.00. The molecule has 0 saturated carbocycles. The number of aliphatic hydroxyl groups excluding tert-OH is 1. The van der Waals surface area contributed by atoms with Crippen molar-refractivity contribution in [2.24, 2.45) is 0 Å². The summed E-state index contributed by atoms with van der Waals surface area (Å²) in [5.74, 6) is 5.91. The molecule has 1 aliphatic heterocycles. The average molecular weight is 306 g/mol. The first kappa shape index (κ1) is 15.9. The van der Waals surface area contributed by atoms with Gasteiger partial charge in [0.25, 0.3) is 0 Å². The van der Waals surface area contributed by atoms with Crippen molar-refractivity contribution in [2.45, 2.75) is 38.6 Å². The van der Waals surface area contributed by atoms with Crippen LogP contribution in [-0.4, -0.2) is 35.7 Å². The Hall–Kier alpha value is -1.51. The summed E-state index contributed by atoms with van der Waals surface area (Å²) in [4.78, 5) is 16.1. The predicted molar refractivity (Wildman–Crippen MR) is 85.2 cm³/mol. The molecule has 0 aromatic carbocycles. The molecule has 2 heterocycles. The van der Waals surface area contributed by atoms with Crippen LogP contribution in [0, 0.1) is 11.8 Å². The second kappa shape index (κ2) is 8.71. The Balaban J connectivity index is 1.79. The molecule has 0 radical (unpaired) electrons. The predicted octanol–water partition coefficient (Wildman–Crippen LogP) is 2.57. The molecule has 1 fully saturated rings. The van der Waals surface area contributed by atoms with E-state index in [1.165, 1.54) is 12.8 Å². The van der Waals surface area contributed by atoms with E-state index in [4.69, 9.17) is 5.11 Å². The fourth-order valence-electron chi connectivity index (χ4n) is 2.29. The molecule has 1 aliphatic rings. The normalized spacial score (nSPS) is 15.0. The number of amides is 2. The van der Waals surface area contributed by atoms with E-state index in [9.17, 15) is 4.79 Å². The van der Waals surface area contributed by atoms with Crippen molar-refractivity contribution < 1.29 is 9.90 Å². The molecule has 5 heteroatoms. The van der Waals surface area contributed by atoms with Crippen molar-refractivity contribution in [3.8, 4) is 11.8 Å². The van der Waals surface area contributed by atoms with E-state index in [2.05, 4.69) is 17.2 Å². The number of urea groups is 1. The van der Waals surface area contributed by atoms with Crippen molar-refractivity contribution in [1.82, 2.24) is 10.2 Å². The summed E-state index contributed by atoms with van der Waals surface area (Å²) in [6.07, 6.45) is 5.17. The maximum absolute atomic E-state index is 12.1. The second-order valence-electron chi connectivity index (χ2n) is 5.10. The topological polar surface area (TPSA) is 52.6 Å². The standard InChI is InChI=1S/C16H22N2O2S/c19-12-6-3-7-14-8-9-15(21-14)13-17-16(20)18-10-4-1-2-5-11-18/h8-9,19H,1-2,4-6,10-13H2,(H,17,20). The Morgan fingerprint density at radius 3 is 2.76 bits per heavy atom. The van der Waals surface area contributed by atoms with Gasteiger partial charge in [-0.2, -0.15) is 0 Å². The largest absolute Gasteiger partial charge is 0.395 e. The van der Waals surface area contributed by atoms with E-state index in [0.29, 0.717) is 13.0 Å². The zero-order valence-corrected chi connectivity index (χ0v) is 13.0. The third kappa shape index (κ3) is 5.41. The molecule has 1 saturated heterocycles. The van der Waals surface area contributed by atoms with Crippen LogP contribution in [0.3, 0.4) is 0 Å². The van der Waals surface area contributed by atoms with Crippen molar-refractivity contribution in [1.29, 1.82) is 0 Å². The molecular formula is C16H22N2O2S. The summed E-state index contributed by atoms with van der Waals surface area (Å²) >= 11 is 1.59. The zero-order chi connectivity index (χ0) is 14.9. The van der Waals surface area contributed by atoms with E-state index in [0.717, 1.165) is 35.7 Å². The highest BCUT2D eigenvalue weighted by atomic mass is 32.1. The lowest BCUT2D eigenvalue weighted by Gasteiger charge is -2.20. The van der Waals surface area contributed by atoms with E-state index in [-0.39, 0.29) is 12.6 Å². The fraction of sp³-hybridized carbons (Fsp3) is 0.562. The summed E-state index contributed by atoms with van der Waals surface area (Å²) in [5, 5.41) is 11.7. The summed E-state index contributed by atoms with van der Waals surface area (Å²) in [7, 11) is 0. The highest BCUT2D eigenvalue weighted by molar-refractivity contribution is 7.12. The molecule has 114 valence electrons. The Bertz CT molecular complexity index is 508. The van der Waals surface area contributed by atoms with Gasteiger partial charge in [0.15, 0.2) is 0 Å². The molecule has 2 N–H and O–H groups in total. The van der Waals surface area contributed by atoms with Crippen LogP contribution in [0.4, 0.5) is 4.79 Å². The van der Waals surface area contributed by atoms with E-state index >= 15 is 0 Å². The molecule has 1 aromatic rings. The first-order valence-electron chi connectivity index (χ1n) is 7.51. The average Bonchev–Trinajstić information content (AvgIpc) is 2.77. The third-order valence-electron chi connectivity index (χ3n) is 3.42. The third-order valence-corrected chi connectivity index (χ3v) is 4.42. The Labute approximate surface area is 130 Å². The minimum absolute atomic E-state index is 0.0400. The number of carbonyl (C=O) groups is 1. The number of nitrogens with one attached hydrogen (secondary N) is 1. The lowest BCUT2D eigenvalue weighted by atomic mass is 10.2. The molecule has 21 heavy (non-hydrogen) atoms. The van der Waals surface area contributed by atoms with Crippen molar-refractivity contribution in [3.63, 3.8) is 0 Å². The van der Waals surface area contributed by atoms with Crippen molar-refractivity contribution in [3.05, 3.63) is 21.9 Å². The molecule has 0 aliphatic carbocycles. The molecule has 4 nitrogen and oxygen atoms in total. The van der Waals surface area contributed by atoms with Gasteiger partial charge in [-0.05, 0) is 25.0 Å². The van der Waals surface area contributed by atoms with Gasteiger partial charge in [0.2, 0.25) is 0 Å². The quantitative estimate of drug-likeness (QED) is 0.843. The minimum Gasteiger partial charge on any atom is -0.395 e. The second-order valence-corrected chi connectivity index (χ2v) is 6.27. The van der Waals surface area contributed by atoms with E-state index in [1.54, 1.807) is 11.3 Å². The number of carbonyl (C=O) groups excluding carboxylic acids is 1. The Kier molecular flexibility index (Phi) is 6.58. The molecular weight excluding hydrogens is 284 g/mol. The maximum atomic E-state index is 12.1. The van der Waals surface area contributed by atoms with Crippen LogP contribution in [0.2, 0.25) is 0 Å². The molecule has 0 atom stereocenters. The summed E-state index contributed by atoms with van der Waals surface area (Å²) in [5.41, 5.74) is 0. The van der Waals surface area contributed by atoms with Gasteiger partial charge in [0.05, 0.1) is 18.0 Å². The summed E-state index contributed by atoms with van der Waals surface area (Å²) in [6.45, 7) is 2.39. The van der Waals surface area contributed by atoms with Crippen molar-refractivity contribution in [2.75, 3.05) is 19.7 Å². The SMILES string of the molecule is O=C(NCc1ccc(C#CCCO)s1)N1CCCCCC1. The van der Waals surface area contributed by atoms with Crippen LogP contribution < -0.4 is 5.32 Å². The fourth-order valence-corrected chi connectivity index (χ4v) is 3.12. The van der Waals surface area contributed by atoms with Crippen LogP contribution >= 0.6 is 11.3 Å². The molecule has 2 rings (SSSR count). The molecule has 1 aromatic heterocycles. The van der Waals surface area contributed by atoms with E-state index in [1.807, 2.05) is 17.0 Å². The number of hydrogen-bond donors (Lipinski definition) is 2. The highest BCUT2D eigenvalue weighted by Crippen LogP contribution is 2.15. The van der Waals surface area contributed by atoms with Crippen LogP contribution in [0.15, 0.2) is 12.1 Å². The van der Waals surface area contributed by atoms with E-state index < -0.39 is 0 Å². The number of thiophene rings is 1. The number of nitrogens with zero attached hydrogens (tertiary/aromatic N) is 1. The van der Waals surface area contributed by atoms with Gasteiger partial charge in [-0.25, -0.2) is 4.79 Å². The van der Waals surface area contributed by atoms with Crippen LogP contribution in [0.5, 0.6) is 0 Å². The minimum atomic E-state index is 0.0400. The highest BCUT2D eigenvalue weighted by Gasteiger charge is 2.14. The molecule has 0 spiro atoms. The van der Waals surface area contributed by atoms with Gasteiger partial charge in [0, 0.05) is 24.4 Å². The lowest BCUT2D eigenvalue weighted by molar-refractivity contribution is 0.199. The van der Waals surface area contributed by atoms with Gasteiger partial charge >= 0.3 is 6.03 Å². The van der Waals surface area contributed by atoms with Crippen LogP contribution in [0.1, 0.15) is 41.9 Å². The Morgan fingerprint density at radius 2 is 2.05 bits per heavy atom. The first-order chi connectivity index (χ1) is 10.3. The Morgan fingerprint density at radius 1 is 1.29 bits per heavy atom. The number of hydrogen-bond acceptors (Lipinski definition) is 3. The zero-order valence-electron chi connectivity index (χ0n) is 12.2. The van der Waals surface area contributed by atoms with Gasteiger partial charge < -0.3 is 15.3 Å². The van der Waals surface area contributed by atoms with Gasteiger partial charge in [-0.15, -0.1) is 11.3 Å². The smallest absolute Gasteiger partial charge is 0.317 e. The number of rotatable bonds is 3. The van der Waals surface area contributed by atoms with Crippen molar-refractivity contribution >= 4 is 17.4 Å². The molecule has 0 unspecified atom stereocenters. The number of likely N-dealkylation sites (tertiary alicyclic amines) is 1. The summed E-state index contributed by atoms with van der Waals surface area (Å²) < 4.78 is 0.